The highest BCUT2D eigenvalue weighted by molar-refractivity contribution is 5.54. The van der Waals surface area contributed by atoms with Gasteiger partial charge in [-0.25, -0.2) is 0 Å². The van der Waals surface area contributed by atoms with E-state index >= 15 is 0 Å². The van der Waals surface area contributed by atoms with Crippen molar-refractivity contribution < 1.29 is 22.6 Å². The van der Waals surface area contributed by atoms with Crippen LogP contribution in [0.4, 0.5) is 18.9 Å². The summed E-state index contributed by atoms with van der Waals surface area (Å²) in [4.78, 5) is 4.14. The number of hydrogen-bond acceptors (Lipinski definition) is 5. The molecule has 8 heteroatoms. The van der Waals surface area contributed by atoms with Gasteiger partial charge in [-0.2, -0.15) is 0 Å². The standard InChI is InChI=1S/C16H22F3N3O2/c17-16(18,19)24-15-11-14(22-7-9-23-10-8-22)2-1-13(15)12-21-5-3-20-4-6-21/h1-2,11,20H,3-10,12H2. The molecule has 0 aliphatic carbocycles. The minimum atomic E-state index is -4.69. The lowest BCUT2D eigenvalue weighted by Crippen LogP contribution is -2.43. The molecule has 2 aliphatic heterocycles. The molecule has 0 bridgehead atoms. The monoisotopic (exact) mass is 345 g/mol. The van der Waals surface area contributed by atoms with Crippen LogP contribution in [0.2, 0.25) is 0 Å². The summed E-state index contributed by atoms with van der Waals surface area (Å²) in [5, 5.41) is 3.23. The molecule has 2 aliphatic rings. The molecule has 0 amide bonds. The number of ether oxygens (including phenoxy) is 2. The molecule has 24 heavy (non-hydrogen) atoms. The molecule has 2 fully saturated rings. The van der Waals surface area contributed by atoms with Crippen LogP contribution in [0.3, 0.4) is 0 Å². The molecule has 5 nitrogen and oxygen atoms in total. The molecule has 134 valence electrons. The first-order chi connectivity index (χ1) is 11.5. The van der Waals surface area contributed by atoms with E-state index in [2.05, 4.69) is 15.0 Å². The van der Waals surface area contributed by atoms with Crippen molar-refractivity contribution in [3.8, 4) is 5.75 Å². The van der Waals surface area contributed by atoms with Gasteiger partial charge in [-0.05, 0) is 6.07 Å². The zero-order valence-corrected chi connectivity index (χ0v) is 13.4. The largest absolute Gasteiger partial charge is 0.573 e. The van der Waals surface area contributed by atoms with Crippen molar-refractivity contribution in [3.05, 3.63) is 23.8 Å². The Balaban J connectivity index is 1.80. The fourth-order valence-corrected chi connectivity index (χ4v) is 3.02. The first-order valence-electron chi connectivity index (χ1n) is 8.16. The molecule has 0 atom stereocenters. The summed E-state index contributed by atoms with van der Waals surface area (Å²) in [6.45, 7) is 6.29. The van der Waals surface area contributed by atoms with E-state index in [1.165, 1.54) is 6.07 Å². The number of hydrogen-bond donors (Lipinski definition) is 1. The molecule has 1 N–H and O–H groups in total. The Morgan fingerprint density at radius 3 is 2.46 bits per heavy atom. The summed E-state index contributed by atoms with van der Waals surface area (Å²) >= 11 is 0. The van der Waals surface area contributed by atoms with Crippen molar-refractivity contribution >= 4 is 5.69 Å². The van der Waals surface area contributed by atoms with Crippen molar-refractivity contribution in [2.24, 2.45) is 0 Å². The topological polar surface area (TPSA) is 37.0 Å². The zero-order chi connectivity index (χ0) is 17.0. The first kappa shape index (κ1) is 17.3. The van der Waals surface area contributed by atoms with Gasteiger partial charge in [0, 0.05) is 63.1 Å². The van der Waals surface area contributed by atoms with Gasteiger partial charge in [0.1, 0.15) is 5.75 Å². The van der Waals surface area contributed by atoms with Crippen LogP contribution >= 0.6 is 0 Å². The Morgan fingerprint density at radius 2 is 1.79 bits per heavy atom. The van der Waals surface area contributed by atoms with E-state index in [1.807, 2.05) is 11.0 Å². The zero-order valence-electron chi connectivity index (χ0n) is 13.4. The van der Waals surface area contributed by atoms with Gasteiger partial charge in [0.05, 0.1) is 13.2 Å². The van der Waals surface area contributed by atoms with Gasteiger partial charge in [0.15, 0.2) is 0 Å². The van der Waals surface area contributed by atoms with Crippen LogP contribution in [-0.2, 0) is 11.3 Å². The fourth-order valence-electron chi connectivity index (χ4n) is 3.02. The summed E-state index contributed by atoms with van der Waals surface area (Å²) in [6, 6.07) is 5.11. The van der Waals surface area contributed by atoms with E-state index < -0.39 is 6.36 Å². The second-order valence-electron chi connectivity index (χ2n) is 5.97. The van der Waals surface area contributed by atoms with E-state index in [1.54, 1.807) is 6.07 Å². The summed E-state index contributed by atoms with van der Waals surface area (Å²) in [5.41, 5.74) is 1.30. The van der Waals surface area contributed by atoms with Crippen LogP contribution in [-0.4, -0.2) is 63.7 Å². The Labute approximate surface area is 139 Å². The summed E-state index contributed by atoms with van der Waals surface area (Å²) in [7, 11) is 0. The Hall–Kier alpha value is -1.51. The van der Waals surface area contributed by atoms with Crippen molar-refractivity contribution in [1.29, 1.82) is 0 Å². The van der Waals surface area contributed by atoms with Gasteiger partial charge in [-0.15, -0.1) is 13.2 Å². The number of piperazine rings is 1. The maximum absolute atomic E-state index is 12.8. The lowest BCUT2D eigenvalue weighted by molar-refractivity contribution is -0.275. The molecule has 1 aromatic rings. The van der Waals surface area contributed by atoms with Crippen molar-refractivity contribution in [3.63, 3.8) is 0 Å². The quantitative estimate of drug-likeness (QED) is 0.901. The maximum atomic E-state index is 12.8. The van der Waals surface area contributed by atoms with E-state index in [0.717, 1.165) is 31.9 Å². The van der Waals surface area contributed by atoms with Gasteiger partial charge < -0.3 is 19.7 Å². The second-order valence-corrected chi connectivity index (χ2v) is 5.97. The molecule has 2 heterocycles. The Morgan fingerprint density at radius 1 is 1.08 bits per heavy atom. The Kier molecular flexibility index (Phi) is 5.47. The van der Waals surface area contributed by atoms with E-state index in [0.29, 0.717) is 38.4 Å². The van der Waals surface area contributed by atoms with Gasteiger partial charge in [-0.1, -0.05) is 6.07 Å². The predicted molar refractivity (Wildman–Crippen MR) is 84.3 cm³/mol. The molecule has 0 radical (unpaired) electrons. The highest BCUT2D eigenvalue weighted by atomic mass is 19.4. The van der Waals surface area contributed by atoms with Crippen molar-refractivity contribution in [2.75, 3.05) is 57.4 Å². The number of nitrogens with one attached hydrogen (secondary N) is 1. The predicted octanol–water partition coefficient (Wildman–Crippen LogP) is 1.83. The number of anilines is 1. The SMILES string of the molecule is FC(F)(F)Oc1cc(N2CCOCC2)ccc1CN1CCNCC1. The molecule has 1 aromatic carbocycles. The van der Waals surface area contributed by atoms with Gasteiger partial charge in [0.25, 0.3) is 0 Å². The highest BCUT2D eigenvalue weighted by Crippen LogP contribution is 2.32. The average molecular weight is 345 g/mol. The summed E-state index contributed by atoms with van der Waals surface area (Å²) in [5.74, 6) is -0.106. The fraction of sp³-hybridized carbons (Fsp3) is 0.625. The second kappa shape index (κ2) is 7.58. The number of rotatable bonds is 4. The molecule has 0 spiro atoms. The number of benzene rings is 1. The highest BCUT2D eigenvalue weighted by Gasteiger charge is 2.32. The summed E-state index contributed by atoms with van der Waals surface area (Å²) < 4.78 is 48.0. The minimum Gasteiger partial charge on any atom is -0.405 e. The van der Waals surface area contributed by atoms with E-state index in [4.69, 9.17) is 4.74 Å². The number of halogens is 3. The summed E-state index contributed by atoms with van der Waals surface area (Å²) in [6.07, 6.45) is -4.69. The van der Waals surface area contributed by atoms with Gasteiger partial charge in [0.2, 0.25) is 0 Å². The molecule has 0 saturated carbocycles. The third-order valence-corrected chi connectivity index (χ3v) is 4.26. The number of nitrogens with zero attached hydrogens (tertiary/aromatic N) is 2. The maximum Gasteiger partial charge on any atom is 0.573 e. The van der Waals surface area contributed by atoms with Gasteiger partial charge >= 0.3 is 6.36 Å². The van der Waals surface area contributed by atoms with Crippen molar-refractivity contribution in [2.45, 2.75) is 12.9 Å². The Bertz CT molecular complexity index is 542. The normalized spacial score (nSPS) is 20.2. The number of morpholine rings is 1. The van der Waals surface area contributed by atoms with E-state index in [9.17, 15) is 13.2 Å². The first-order valence-corrected chi connectivity index (χ1v) is 8.16. The van der Waals surface area contributed by atoms with Crippen LogP contribution in [0.1, 0.15) is 5.56 Å². The van der Waals surface area contributed by atoms with Crippen LogP contribution < -0.4 is 15.0 Å². The molecule has 3 rings (SSSR count). The van der Waals surface area contributed by atoms with Crippen LogP contribution in [0.15, 0.2) is 18.2 Å². The van der Waals surface area contributed by atoms with Crippen molar-refractivity contribution in [1.82, 2.24) is 10.2 Å². The third-order valence-electron chi connectivity index (χ3n) is 4.26. The van der Waals surface area contributed by atoms with Crippen LogP contribution in [0.5, 0.6) is 5.75 Å². The molecular formula is C16H22F3N3O2. The molecule has 0 aromatic heterocycles. The van der Waals surface area contributed by atoms with Crippen LogP contribution in [0, 0.1) is 0 Å². The minimum absolute atomic E-state index is 0.106. The average Bonchev–Trinajstić information content (AvgIpc) is 2.57. The smallest absolute Gasteiger partial charge is 0.405 e. The molecule has 2 saturated heterocycles. The third kappa shape index (κ3) is 4.75. The molecule has 0 unspecified atom stereocenters. The van der Waals surface area contributed by atoms with E-state index in [-0.39, 0.29) is 5.75 Å². The molecular weight excluding hydrogens is 323 g/mol. The van der Waals surface area contributed by atoms with Crippen LogP contribution in [0.25, 0.3) is 0 Å². The lowest BCUT2D eigenvalue weighted by Gasteiger charge is -2.31. The lowest BCUT2D eigenvalue weighted by atomic mass is 10.1. The van der Waals surface area contributed by atoms with Gasteiger partial charge in [-0.3, -0.25) is 4.90 Å². The number of alkyl halides is 3.